The summed E-state index contributed by atoms with van der Waals surface area (Å²) in [6.45, 7) is 1.44. The third-order valence-corrected chi connectivity index (χ3v) is 7.95. The zero-order valence-corrected chi connectivity index (χ0v) is 20.0. The molecular formula is C23H22Cl2N4O3S. The smallest absolute Gasteiger partial charge is 0.253 e. The standard InChI is InChI=1S/C23H21ClN4O3S.ClH/c24-19-5-2-17-13-20(6-3-16(17)12-19)32(30,31)28-9-1-8-27(10-11-28)23(29)18-4-7-21-22(14-18)26-15-25-21;/h2-7,12-15H,1,8-11H2,(H,25,26);1H. The predicted molar refractivity (Wildman–Crippen MR) is 132 cm³/mol. The first-order chi connectivity index (χ1) is 15.4. The number of sulfonamides is 1. The van der Waals surface area contributed by atoms with Crippen LogP contribution in [0.25, 0.3) is 21.8 Å². The lowest BCUT2D eigenvalue weighted by Crippen LogP contribution is -2.37. The summed E-state index contributed by atoms with van der Waals surface area (Å²) in [6.07, 6.45) is 2.16. The van der Waals surface area contributed by atoms with E-state index >= 15 is 0 Å². The van der Waals surface area contributed by atoms with Crippen LogP contribution < -0.4 is 0 Å². The van der Waals surface area contributed by atoms with Crippen LogP contribution in [0.4, 0.5) is 0 Å². The molecule has 0 atom stereocenters. The molecule has 1 fully saturated rings. The van der Waals surface area contributed by atoms with Gasteiger partial charge in [0.05, 0.1) is 22.3 Å². The van der Waals surface area contributed by atoms with E-state index in [1.807, 2.05) is 18.2 Å². The molecule has 0 radical (unpaired) electrons. The first kappa shape index (κ1) is 23.5. The van der Waals surface area contributed by atoms with Gasteiger partial charge in [0.2, 0.25) is 10.0 Å². The van der Waals surface area contributed by atoms with Gasteiger partial charge in [-0.15, -0.1) is 12.4 Å². The highest BCUT2D eigenvalue weighted by Crippen LogP contribution is 2.25. The lowest BCUT2D eigenvalue weighted by atomic mass is 10.1. The maximum Gasteiger partial charge on any atom is 0.253 e. The molecule has 0 aliphatic carbocycles. The fourth-order valence-corrected chi connectivity index (χ4v) is 5.77. The van der Waals surface area contributed by atoms with E-state index in [-0.39, 0.29) is 29.8 Å². The van der Waals surface area contributed by atoms with E-state index in [2.05, 4.69) is 9.97 Å². The van der Waals surface area contributed by atoms with E-state index in [0.717, 1.165) is 21.8 Å². The second kappa shape index (κ2) is 9.30. The maximum absolute atomic E-state index is 13.3. The minimum atomic E-state index is -3.67. The average Bonchev–Trinajstić information content (AvgIpc) is 3.12. The molecule has 5 rings (SSSR count). The number of fused-ring (bicyclic) bond motifs is 2. The Hall–Kier alpha value is -2.65. The number of amides is 1. The highest BCUT2D eigenvalue weighted by molar-refractivity contribution is 7.89. The molecule has 10 heteroatoms. The number of carbonyl (C=O) groups is 1. The zero-order valence-electron chi connectivity index (χ0n) is 17.6. The van der Waals surface area contributed by atoms with E-state index in [4.69, 9.17) is 11.6 Å². The van der Waals surface area contributed by atoms with Gasteiger partial charge in [0, 0.05) is 36.8 Å². The van der Waals surface area contributed by atoms with Crippen molar-refractivity contribution in [2.75, 3.05) is 26.2 Å². The monoisotopic (exact) mass is 504 g/mol. The third kappa shape index (κ3) is 4.56. The SMILES string of the molecule is Cl.O=C(c1ccc2[nH]cnc2c1)N1CCCN(S(=O)(=O)c2ccc3cc(Cl)ccc3c2)CC1. The van der Waals surface area contributed by atoms with Gasteiger partial charge in [0.15, 0.2) is 0 Å². The summed E-state index contributed by atoms with van der Waals surface area (Å²) in [5.74, 6) is -0.114. The van der Waals surface area contributed by atoms with Crippen LogP contribution in [0, 0.1) is 0 Å². The van der Waals surface area contributed by atoms with Gasteiger partial charge in [0.1, 0.15) is 0 Å². The minimum absolute atomic E-state index is 0. The Morgan fingerprint density at radius 1 is 0.939 bits per heavy atom. The Balaban J connectivity index is 0.00000259. The molecule has 2 heterocycles. The van der Waals surface area contributed by atoms with E-state index in [0.29, 0.717) is 36.6 Å². The first-order valence-electron chi connectivity index (χ1n) is 10.3. The number of halogens is 2. The number of rotatable bonds is 3. The number of H-pyrrole nitrogens is 1. The maximum atomic E-state index is 13.3. The van der Waals surface area contributed by atoms with E-state index in [1.54, 1.807) is 47.6 Å². The van der Waals surface area contributed by atoms with Crippen LogP contribution in [0.15, 0.2) is 65.8 Å². The van der Waals surface area contributed by atoms with Crippen molar-refractivity contribution in [2.24, 2.45) is 0 Å². The quantitative estimate of drug-likeness (QED) is 0.449. The number of nitrogens with zero attached hydrogens (tertiary/aromatic N) is 3. The van der Waals surface area contributed by atoms with Crippen LogP contribution in [-0.2, 0) is 10.0 Å². The number of carbonyl (C=O) groups excluding carboxylic acids is 1. The molecular weight excluding hydrogens is 483 g/mol. The predicted octanol–water partition coefficient (Wildman–Crippen LogP) is 4.33. The lowest BCUT2D eigenvalue weighted by molar-refractivity contribution is 0.0764. The van der Waals surface area contributed by atoms with Crippen molar-refractivity contribution in [3.63, 3.8) is 0 Å². The van der Waals surface area contributed by atoms with Crippen molar-refractivity contribution in [3.8, 4) is 0 Å². The Morgan fingerprint density at radius 3 is 2.58 bits per heavy atom. The number of aromatic amines is 1. The van der Waals surface area contributed by atoms with Crippen molar-refractivity contribution < 1.29 is 13.2 Å². The Bertz CT molecular complexity index is 1440. The average molecular weight is 505 g/mol. The largest absolute Gasteiger partial charge is 0.345 e. The lowest BCUT2D eigenvalue weighted by Gasteiger charge is -2.22. The fraction of sp³-hybridized carbons (Fsp3) is 0.217. The molecule has 1 aliphatic heterocycles. The summed E-state index contributed by atoms with van der Waals surface area (Å²) in [5.41, 5.74) is 2.15. The summed E-state index contributed by atoms with van der Waals surface area (Å²) in [4.78, 5) is 22.2. The molecule has 7 nitrogen and oxygen atoms in total. The van der Waals surface area contributed by atoms with Crippen molar-refractivity contribution in [2.45, 2.75) is 11.3 Å². The topological polar surface area (TPSA) is 86.4 Å². The van der Waals surface area contributed by atoms with Gasteiger partial charge >= 0.3 is 0 Å². The second-order valence-electron chi connectivity index (χ2n) is 7.84. The van der Waals surface area contributed by atoms with Gasteiger partial charge in [-0.05, 0) is 59.7 Å². The molecule has 3 aromatic carbocycles. The summed E-state index contributed by atoms with van der Waals surface area (Å²) in [6, 6.07) is 15.8. The van der Waals surface area contributed by atoms with E-state index < -0.39 is 10.0 Å². The molecule has 0 bridgehead atoms. The number of imidazole rings is 1. The normalized spacial score (nSPS) is 15.4. The van der Waals surface area contributed by atoms with Gasteiger partial charge in [-0.3, -0.25) is 4.79 Å². The van der Waals surface area contributed by atoms with Gasteiger partial charge in [-0.1, -0.05) is 23.7 Å². The molecule has 1 saturated heterocycles. The van der Waals surface area contributed by atoms with E-state index in [9.17, 15) is 13.2 Å². The molecule has 1 aromatic heterocycles. The third-order valence-electron chi connectivity index (χ3n) is 5.82. The number of aromatic nitrogens is 2. The van der Waals surface area contributed by atoms with Crippen LogP contribution in [0.1, 0.15) is 16.8 Å². The Kier molecular flexibility index (Phi) is 6.63. The molecule has 172 valence electrons. The number of benzene rings is 3. The van der Waals surface area contributed by atoms with Crippen LogP contribution in [-0.4, -0.2) is 59.7 Å². The molecule has 1 aliphatic rings. The first-order valence-corrected chi connectivity index (χ1v) is 12.2. The second-order valence-corrected chi connectivity index (χ2v) is 10.2. The molecule has 33 heavy (non-hydrogen) atoms. The van der Waals surface area contributed by atoms with Gasteiger partial charge in [-0.2, -0.15) is 4.31 Å². The fourth-order valence-electron chi connectivity index (χ4n) is 4.09. The Morgan fingerprint density at radius 2 is 1.73 bits per heavy atom. The Labute approximate surface area is 202 Å². The molecule has 1 N–H and O–H groups in total. The summed E-state index contributed by atoms with van der Waals surface area (Å²) in [5, 5.41) is 2.31. The highest BCUT2D eigenvalue weighted by atomic mass is 35.5. The van der Waals surface area contributed by atoms with E-state index in [1.165, 1.54) is 4.31 Å². The number of hydrogen-bond acceptors (Lipinski definition) is 4. The molecule has 4 aromatic rings. The summed E-state index contributed by atoms with van der Waals surface area (Å²) in [7, 11) is -3.67. The van der Waals surface area contributed by atoms with Gasteiger partial charge in [0.25, 0.3) is 5.91 Å². The molecule has 0 saturated carbocycles. The minimum Gasteiger partial charge on any atom is -0.345 e. The number of nitrogens with one attached hydrogen (secondary N) is 1. The highest BCUT2D eigenvalue weighted by Gasteiger charge is 2.29. The molecule has 0 unspecified atom stereocenters. The molecule has 1 amide bonds. The van der Waals surface area contributed by atoms with Crippen LogP contribution in [0.3, 0.4) is 0 Å². The summed E-state index contributed by atoms with van der Waals surface area (Å²) >= 11 is 6.03. The number of hydrogen-bond donors (Lipinski definition) is 1. The summed E-state index contributed by atoms with van der Waals surface area (Å²) < 4.78 is 28.1. The van der Waals surface area contributed by atoms with Crippen LogP contribution >= 0.6 is 24.0 Å². The van der Waals surface area contributed by atoms with Crippen molar-refractivity contribution in [1.29, 1.82) is 0 Å². The molecule has 0 spiro atoms. The zero-order chi connectivity index (χ0) is 22.3. The van der Waals surface area contributed by atoms with Crippen molar-refractivity contribution in [3.05, 3.63) is 71.5 Å². The van der Waals surface area contributed by atoms with Crippen LogP contribution in [0.5, 0.6) is 0 Å². The van der Waals surface area contributed by atoms with Gasteiger partial charge < -0.3 is 9.88 Å². The van der Waals surface area contributed by atoms with Crippen LogP contribution in [0.2, 0.25) is 5.02 Å². The van der Waals surface area contributed by atoms with Crippen molar-refractivity contribution >= 4 is 61.7 Å². The van der Waals surface area contributed by atoms with Crippen molar-refractivity contribution in [1.82, 2.24) is 19.2 Å². The van der Waals surface area contributed by atoms with Gasteiger partial charge in [-0.25, -0.2) is 13.4 Å².